The second kappa shape index (κ2) is 11.4. The van der Waals surface area contributed by atoms with Gasteiger partial charge in [0.25, 0.3) is 5.91 Å². The number of amides is 1. The number of halogens is 2. The lowest BCUT2D eigenvalue weighted by Gasteiger charge is -2.35. The highest BCUT2D eigenvalue weighted by Crippen LogP contribution is 2.33. The number of carbonyl (C=O) groups is 2. The Morgan fingerprint density at radius 1 is 0.956 bits per heavy atom. The van der Waals surface area contributed by atoms with Crippen LogP contribution >= 0.6 is 0 Å². The van der Waals surface area contributed by atoms with Crippen molar-refractivity contribution in [3.05, 3.63) is 107 Å². The van der Waals surface area contributed by atoms with Gasteiger partial charge in [0.05, 0.1) is 30.5 Å². The van der Waals surface area contributed by atoms with Gasteiger partial charge in [0.15, 0.2) is 5.65 Å². The van der Waals surface area contributed by atoms with Crippen molar-refractivity contribution < 1.29 is 23.1 Å². The molecule has 2 atom stereocenters. The molecule has 4 heterocycles. The van der Waals surface area contributed by atoms with E-state index in [1.807, 2.05) is 34.9 Å². The molecule has 1 fully saturated rings. The topological polar surface area (TPSA) is 80.0 Å². The van der Waals surface area contributed by atoms with Gasteiger partial charge in [-0.25, -0.2) is 18.3 Å². The number of esters is 1. The zero-order valence-corrected chi connectivity index (χ0v) is 24.9. The Hall–Kier alpha value is -5.12. The number of nitrogens with zero attached hydrogens (tertiary/aromatic N) is 5. The Morgan fingerprint density at radius 3 is 2.53 bits per heavy atom. The van der Waals surface area contributed by atoms with E-state index in [0.29, 0.717) is 54.3 Å². The standard InChI is InChI=1S/C35H31F2N5O3/c1-21-27-6-4-3-5-22(27)14-16-41(21)34(43)31-18-32(23-7-9-25(36)10-8-23)42-33(38-31)19-30(39-42)28-12-11-26(17-29(28)37)40-15-13-24(20-40)35(44)45-2/h3-12,17-19,21,24H,13-16,20H2,1-2H3/t21-,24+/m1/s1. The number of hydrogen-bond acceptors (Lipinski definition) is 6. The van der Waals surface area contributed by atoms with Crippen molar-refractivity contribution >= 4 is 23.2 Å². The lowest BCUT2D eigenvalue weighted by molar-refractivity contribution is -0.144. The van der Waals surface area contributed by atoms with Crippen LogP contribution in [0, 0.1) is 17.6 Å². The fourth-order valence-electron chi connectivity index (χ4n) is 6.50. The van der Waals surface area contributed by atoms with Gasteiger partial charge in [-0.1, -0.05) is 24.3 Å². The van der Waals surface area contributed by atoms with E-state index in [2.05, 4.69) is 6.07 Å². The van der Waals surface area contributed by atoms with Crippen molar-refractivity contribution in [1.82, 2.24) is 19.5 Å². The third-order valence-corrected chi connectivity index (χ3v) is 8.96. The molecule has 0 N–H and O–H groups in total. The monoisotopic (exact) mass is 607 g/mol. The first-order chi connectivity index (χ1) is 21.8. The van der Waals surface area contributed by atoms with Crippen molar-refractivity contribution in [3.8, 4) is 22.5 Å². The normalized spacial score (nSPS) is 17.9. The molecule has 2 aliphatic heterocycles. The Labute approximate surface area is 258 Å². The first kappa shape index (κ1) is 28.6. The largest absolute Gasteiger partial charge is 0.469 e. The minimum atomic E-state index is -0.474. The first-order valence-corrected chi connectivity index (χ1v) is 15.0. The molecule has 228 valence electrons. The average molecular weight is 608 g/mol. The van der Waals surface area contributed by atoms with E-state index in [1.165, 1.54) is 30.9 Å². The lowest BCUT2D eigenvalue weighted by Crippen LogP contribution is -2.39. The van der Waals surface area contributed by atoms with E-state index in [9.17, 15) is 14.0 Å². The Morgan fingerprint density at radius 2 is 1.76 bits per heavy atom. The third-order valence-electron chi connectivity index (χ3n) is 8.96. The fraction of sp³-hybridized carbons (Fsp3) is 0.257. The molecular weight excluding hydrogens is 576 g/mol. The third kappa shape index (κ3) is 5.20. The van der Waals surface area contributed by atoms with Gasteiger partial charge in [-0.15, -0.1) is 0 Å². The molecule has 0 saturated carbocycles. The summed E-state index contributed by atoms with van der Waals surface area (Å²) in [7, 11) is 1.37. The van der Waals surface area contributed by atoms with E-state index >= 15 is 4.39 Å². The van der Waals surface area contributed by atoms with E-state index < -0.39 is 5.82 Å². The number of ether oxygens (including phenoxy) is 1. The summed E-state index contributed by atoms with van der Waals surface area (Å²) >= 11 is 0. The van der Waals surface area contributed by atoms with Crippen LogP contribution in [0.5, 0.6) is 0 Å². The molecule has 2 aromatic heterocycles. The number of anilines is 1. The van der Waals surface area contributed by atoms with E-state index in [-0.39, 0.29) is 40.9 Å². The zero-order chi connectivity index (χ0) is 31.2. The summed E-state index contributed by atoms with van der Waals surface area (Å²) in [6.45, 7) is 3.64. The Balaban J connectivity index is 1.26. The van der Waals surface area contributed by atoms with Crippen LogP contribution in [0.15, 0.2) is 78.9 Å². The predicted octanol–water partition coefficient (Wildman–Crippen LogP) is 6.10. The first-order valence-electron chi connectivity index (χ1n) is 15.0. The lowest BCUT2D eigenvalue weighted by atomic mass is 9.93. The fourth-order valence-corrected chi connectivity index (χ4v) is 6.50. The van der Waals surface area contributed by atoms with Gasteiger partial charge in [0, 0.05) is 42.5 Å². The molecule has 8 nitrogen and oxygen atoms in total. The van der Waals surface area contributed by atoms with E-state index in [1.54, 1.807) is 40.9 Å². The van der Waals surface area contributed by atoms with Crippen molar-refractivity contribution in [2.75, 3.05) is 31.6 Å². The van der Waals surface area contributed by atoms with E-state index in [0.717, 1.165) is 12.0 Å². The molecule has 7 rings (SSSR count). The molecule has 0 unspecified atom stereocenters. The quantitative estimate of drug-likeness (QED) is 0.225. The maximum Gasteiger partial charge on any atom is 0.310 e. The summed E-state index contributed by atoms with van der Waals surface area (Å²) in [6.07, 6.45) is 1.39. The van der Waals surface area contributed by atoms with Gasteiger partial charge < -0.3 is 14.5 Å². The second-order valence-electron chi connectivity index (χ2n) is 11.6. The molecule has 5 aromatic rings. The van der Waals surface area contributed by atoms with Crippen molar-refractivity contribution in [3.63, 3.8) is 0 Å². The summed E-state index contributed by atoms with van der Waals surface area (Å²) in [5.74, 6) is -1.59. The van der Waals surface area contributed by atoms with Crippen LogP contribution in [0.2, 0.25) is 0 Å². The summed E-state index contributed by atoms with van der Waals surface area (Å²) in [4.78, 5) is 34.4. The molecule has 10 heteroatoms. The SMILES string of the molecule is COC(=O)[C@H]1CCN(c2ccc(-c3cc4nc(C(=O)N5CCc6ccccc6[C@H]5C)cc(-c5ccc(F)cc5)n4n3)c(F)c2)C1. The van der Waals surface area contributed by atoms with Crippen molar-refractivity contribution in [2.45, 2.75) is 25.8 Å². The van der Waals surface area contributed by atoms with Gasteiger partial charge in [0.2, 0.25) is 0 Å². The Bertz CT molecular complexity index is 1940. The zero-order valence-electron chi connectivity index (χ0n) is 24.9. The van der Waals surface area contributed by atoms with Gasteiger partial charge in [0.1, 0.15) is 17.3 Å². The molecular formula is C35H31F2N5O3. The van der Waals surface area contributed by atoms with Crippen LogP contribution in [0.4, 0.5) is 14.5 Å². The van der Waals surface area contributed by atoms with Crippen LogP contribution < -0.4 is 4.90 Å². The minimum Gasteiger partial charge on any atom is -0.469 e. The predicted molar refractivity (Wildman–Crippen MR) is 166 cm³/mol. The number of rotatable bonds is 5. The molecule has 2 aliphatic rings. The summed E-state index contributed by atoms with van der Waals surface area (Å²) < 4.78 is 35.9. The van der Waals surface area contributed by atoms with Gasteiger partial charge in [-0.05, 0) is 79.4 Å². The van der Waals surface area contributed by atoms with Crippen LogP contribution in [0.3, 0.4) is 0 Å². The average Bonchev–Trinajstić information content (AvgIpc) is 3.72. The van der Waals surface area contributed by atoms with E-state index in [4.69, 9.17) is 14.8 Å². The minimum absolute atomic E-state index is 0.138. The Kier molecular flexibility index (Phi) is 7.27. The van der Waals surface area contributed by atoms with Crippen LogP contribution in [-0.4, -0.2) is 58.1 Å². The van der Waals surface area contributed by atoms with Gasteiger partial charge in [-0.3, -0.25) is 9.59 Å². The number of aromatic nitrogens is 3. The number of hydrogen-bond donors (Lipinski definition) is 0. The summed E-state index contributed by atoms with van der Waals surface area (Å²) in [5, 5.41) is 4.69. The molecule has 0 radical (unpaired) electrons. The number of benzene rings is 3. The highest BCUT2D eigenvalue weighted by Gasteiger charge is 2.31. The number of carbonyl (C=O) groups excluding carboxylic acids is 2. The molecule has 0 spiro atoms. The molecule has 1 amide bonds. The highest BCUT2D eigenvalue weighted by atomic mass is 19.1. The molecule has 1 saturated heterocycles. The summed E-state index contributed by atoms with van der Waals surface area (Å²) in [6, 6.07) is 22.1. The van der Waals surface area contributed by atoms with Gasteiger partial charge >= 0.3 is 5.97 Å². The second-order valence-corrected chi connectivity index (χ2v) is 11.6. The van der Waals surface area contributed by atoms with Crippen LogP contribution in [0.1, 0.15) is 41.0 Å². The van der Waals surface area contributed by atoms with Crippen molar-refractivity contribution in [2.24, 2.45) is 5.92 Å². The molecule has 45 heavy (non-hydrogen) atoms. The molecule has 3 aromatic carbocycles. The highest BCUT2D eigenvalue weighted by molar-refractivity contribution is 5.94. The molecule has 0 aliphatic carbocycles. The number of methoxy groups -OCH3 is 1. The number of fused-ring (bicyclic) bond motifs is 2. The maximum absolute atomic E-state index is 15.6. The summed E-state index contributed by atoms with van der Waals surface area (Å²) in [5.41, 5.74) is 5.37. The van der Waals surface area contributed by atoms with Gasteiger partial charge in [-0.2, -0.15) is 5.10 Å². The van der Waals surface area contributed by atoms with Crippen molar-refractivity contribution in [1.29, 1.82) is 0 Å². The smallest absolute Gasteiger partial charge is 0.310 e. The van der Waals surface area contributed by atoms with Crippen LogP contribution in [-0.2, 0) is 16.0 Å². The maximum atomic E-state index is 15.6. The van der Waals surface area contributed by atoms with Crippen LogP contribution in [0.25, 0.3) is 28.2 Å². The molecule has 0 bridgehead atoms.